The third kappa shape index (κ3) is 4.09. The van der Waals surface area contributed by atoms with Crippen LogP contribution in [0.4, 0.5) is 4.79 Å². The Morgan fingerprint density at radius 3 is 2.68 bits per heavy atom. The highest BCUT2D eigenvalue weighted by Crippen LogP contribution is 2.28. The molecule has 19 heavy (non-hydrogen) atoms. The highest BCUT2D eigenvalue weighted by Gasteiger charge is 2.35. The molecule has 2 atom stereocenters. The number of nitrogens with one attached hydrogen (secondary N) is 1. The lowest BCUT2D eigenvalue weighted by Gasteiger charge is -2.35. The van der Waals surface area contributed by atoms with Crippen molar-refractivity contribution in [2.45, 2.75) is 32.2 Å². The van der Waals surface area contributed by atoms with Crippen LogP contribution >= 0.6 is 0 Å². The lowest BCUT2D eigenvalue weighted by atomic mass is 9.94. The number of nitrogens with zero attached hydrogens (tertiary/aromatic N) is 1. The van der Waals surface area contributed by atoms with Gasteiger partial charge in [0.25, 0.3) is 0 Å². The number of carboxylic acid groups (broad SMARTS) is 1. The number of rotatable bonds is 5. The molecule has 1 heterocycles. The van der Waals surface area contributed by atoms with Gasteiger partial charge in [0, 0.05) is 19.1 Å². The number of hydrogen-bond acceptors (Lipinski definition) is 4. The summed E-state index contributed by atoms with van der Waals surface area (Å²) in [5, 5.41) is 12.6. The Morgan fingerprint density at radius 2 is 2.11 bits per heavy atom. The van der Waals surface area contributed by atoms with Gasteiger partial charge in [0.15, 0.2) is 0 Å². The minimum atomic E-state index is -0.841. The Kier molecular flexibility index (Phi) is 4.63. The van der Waals surface area contributed by atoms with E-state index < -0.39 is 18.0 Å². The highest BCUT2D eigenvalue weighted by molar-refractivity contribution is 5.73. The zero-order valence-electron chi connectivity index (χ0n) is 11.3. The second kappa shape index (κ2) is 6.23. The molecule has 1 aliphatic heterocycles. The smallest absolute Gasteiger partial charge is 0.409 e. The van der Waals surface area contributed by atoms with Gasteiger partial charge in [-0.2, -0.15) is 0 Å². The maximum atomic E-state index is 11.7. The summed E-state index contributed by atoms with van der Waals surface area (Å²) in [6.45, 7) is 3.77. The van der Waals surface area contributed by atoms with Crippen LogP contribution in [-0.4, -0.2) is 54.4 Å². The van der Waals surface area contributed by atoms with Crippen LogP contribution in [0.5, 0.6) is 0 Å². The quantitative estimate of drug-likeness (QED) is 0.776. The van der Waals surface area contributed by atoms with Crippen LogP contribution < -0.4 is 5.32 Å². The highest BCUT2D eigenvalue weighted by atomic mass is 16.6. The molecule has 1 amide bonds. The van der Waals surface area contributed by atoms with Crippen LogP contribution in [0.25, 0.3) is 0 Å². The van der Waals surface area contributed by atoms with E-state index in [1.54, 1.807) is 6.92 Å². The molecule has 1 aliphatic carbocycles. The van der Waals surface area contributed by atoms with E-state index in [0.29, 0.717) is 19.6 Å². The minimum Gasteiger partial charge on any atom is -0.481 e. The van der Waals surface area contributed by atoms with Gasteiger partial charge in [-0.15, -0.1) is 0 Å². The number of likely N-dealkylation sites (tertiary alicyclic amines) is 1. The summed E-state index contributed by atoms with van der Waals surface area (Å²) < 4.78 is 4.96. The first kappa shape index (κ1) is 14.1. The molecular weight excluding hydrogens is 248 g/mol. The summed E-state index contributed by atoms with van der Waals surface area (Å²) >= 11 is 0. The molecule has 2 unspecified atom stereocenters. The van der Waals surface area contributed by atoms with Gasteiger partial charge in [0.1, 0.15) is 0 Å². The van der Waals surface area contributed by atoms with Crippen molar-refractivity contribution in [3.63, 3.8) is 0 Å². The molecule has 1 saturated heterocycles. The van der Waals surface area contributed by atoms with Crippen LogP contribution in [0.1, 0.15) is 26.2 Å². The molecule has 0 spiro atoms. The minimum absolute atomic E-state index is 0.0554. The lowest BCUT2D eigenvalue weighted by molar-refractivity contribution is -0.143. The number of carbonyl (C=O) groups excluding carboxylic acids is 1. The number of carbonyl (C=O) groups is 2. The number of ether oxygens (including phenoxy) is 1. The number of piperidine rings is 1. The van der Waals surface area contributed by atoms with Crippen molar-refractivity contribution >= 4 is 12.1 Å². The molecule has 2 N–H and O–H groups in total. The third-order valence-corrected chi connectivity index (χ3v) is 3.72. The van der Waals surface area contributed by atoms with E-state index in [2.05, 4.69) is 5.32 Å². The van der Waals surface area contributed by atoms with Crippen molar-refractivity contribution in [1.29, 1.82) is 0 Å². The van der Waals surface area contributed by atoms with E-state index in [0.717, 1.165) is 12.5 Å². The Hall–Kier alpha value is -1.30. The number of aliphatic carboxylic acids is 1. The summed E-state index contributed by atoms with van der Waals surface area (Å²) in [6.07, 6.45) is 2.68. The van der Waals surface area contributed by atoms with Crippen molar-refractivity contribution in [3.8, 4) is 0 Å². The predicted molar refractivity (Wildman–Crippen MR) is 68.9 cm³/mol. The summed E-state index contributed by atoms with van der Waals surface area (Å²) in [5.74, 6) is -0.608. The van der Waals surface area contributed by atoms with Gasteiger partial charge in [-0.25, -0.2) is 4.79 Å². The van der Waals surface area contributed by atoms with Crippen LogP contribution in [0.3, 0.4) is 0 Å². The molecule has 1 saturated carbocycles. The summed E-state index contributed by atoms with van der Waals surface area (Å²) in [5.41, 5.74) is 0. The lowest BCUT2D eigenvalue weighted by Crippen LogP contribution is -2.53. The molecule has 0 radical (unpaired) electrons. The van der Waals surface area contributed by atoms with E-state index >= 15 is 0 Å². The van der Waals surface area contributed by atoms with Crippen LogP contribution in [0, 0.1) is 11.8 Å². The van der Waals surface area contributed by atoms with Gasteiger partial charge in [0.2, 0.25) is 0 Å². The second-order valence-corrected chi connectivity index (χ2v) is 5.42. The topological polar surface area (TPSA) is 78.9 Å². The largest absolute Gasteiger partial charge is 0.481 e. The van der Waals surface area contributed by atoms with Gasteiger partial charge in [-0.05, 0) is 38.6 Å². The van der Waals surface area contributed by atoms with Crippen molar-refractivity contribution in [2.75, 3.05) is 26.2 Å². The zero-order valence-corrected chi connectivity index (χ0v) is 11.3. The van der Waals surface area contributed by atoms with Crippen molar-refractivity contribution < 1.29 is 19.4 Å². The molecule has 2 aliphatic rings. The zero-order chi connectivity index (χ0) is 13.8. The van der Waals surface area contributed by atoms with Crippen LogP contribution in [0.2, 0.25) is 0 Å². The van der Waals surface area contributed by atoms with Crippen LogP contribution in [0.15, 0.2) is 0 Å². The Bertz CT molecular complexity index is 344. The average Bonchev–Trinajstić information content (AvgIpc) is 3.20. The summed E-state index contributed by atoms with van der Waals surface area (Å²) in [4.78, 5) is 24.4. The molecule has 108 valence electrons. The van der Waals surface area contributed by atoms with E-state index in [9.17, 15) is 9.59 Å². The molecule has 2 fully saturated rings. The van der Waals surface area contributed by atoms with E-state index in [1.165, 1.54) is 17.7 Å². The second-order valence-electron chi connectivity index (χ2n) is 5.42. The molecule has 2 rings (SSSR count). The molecule has 0 aromatic rings. The van der Waals surface area contributed by atoms with Crippen molar-refractivity contribution in [2.24, 2.45) is 11.8 Å². The van der Waals surface area contributed by atoms with E-state index in [1.807, 2.05) is 0 Å². The van der Waals surface area contributed by atoms with Crippen molar-refractivity contribution in [3.05, 3.63) is 0 Å². The Balaban J connectivity index is 1.90. The Morgan fingerprint density at radius 1 is 1.37 bits per heavy atom. The summed E-state index contributed by atoms with van der Waals surface area (Å²) in [6, 6.07) is 0.0554. The number of hydrogen-bond donors (Lipinski definition) is 2. The van der Waals surface area contributed by atoms with Gasteiger partial charge >= 0.3 is 12.1 Å². The molecular formula is C13H22N2O4. The molecule has 6 nitrogen and oxygen atoms in total. The van der Waals surface area contributed by atoms with Gasteiger partial charge in [-0.1, -0.05) is 0 Å². The first-order chi connectivity index (χ1) is 9.10. The molecule has 0 aromatic heterocycles. The van der Waals surface area contributed by atoms with E-state index in [-0.39, 0.29) is 12.6 Å². The fourth-order valence-corrected chi connectivity index (χ4v) is 2.45. The predicted octanol–water partition coefficient (Wildman–Crippen LogP) is 0.918. The maximum absolute atomic E-state index is 11.7. The fourth-order valence-electron chi connectivity index (χ4n) is 2.45. The molecule has 6 heteroatoms. The SMILES string of the molecule is CCOC(=O)N1CC(NCC2CC2)CC(C(=O)O)C1. The number of carboxylic acids is 1. The maximum Gasteiger partial charge on any atom is 0.409 e. The molecule has 0 bridgehead atoms. The standard InChI is InChI=1S/C13H22N2O4/c1-2-19-13(18)15-7-10(12(16)17)5-11(8-15)14-6-9-3-4-9/h9-11,14H,2-8H2,1H3,(H,16,17). The van der Waals surface area contributed by atoms with E-state index in [4.69, 9.17) is 9.84 Å². The van der Waals surface area contributed by atoms with Gasteiger partial charge in [0.05, 0.1) is 12.5 Å². The fraction of sp³-hybridized carbons (Fsp3) is 0.846. The van der Waals surface area contributed by atoms with Gasteiger partial charge < -0.3 is 20.1 Å². The third-order valence-electron chi connectivity index (χ3n) is 3.72. The average molecular weight is 270 g/mol. The van der Waals surface area contributed by atoms with Crippen LogP contribution in [-0.2, 0) is 9.53 Å². The normalized spacial score (nSPS) is 27.1. The summed E-state index contributed by atoms with van der Waals surface area (Å²) in [7, 11) is 0. The molecule has 0 aromatic carbocycles. The Labute approximate surface area is 113 Å². The first-order valence-electron chi connectivity index (χ1n) is 6.98. The van der Waals surface area contributed by atoms with Gasteiger partial charge in [-0.3, -0.25) is 4.79 Å². The van der Waals surface area contributed by atoms with Crippen molar-refractivity contribution in [1.82, 2.24) is 10.2 Å². The first-order valence-corrected chi connectivity index (χ1v) is 6.98. The number of amides is 1. The monoisotopic (exact) mass is 270 g/mol.